The topological polar surface area (TPSA) is 99.6 Å². The minimum atomic E-state index is -1.12. The third kappa shape index (κ3) is 2.51. The quantitative estimate of drug-likeness (QED) is 0.852. The second kappa shape index (κ2) is 5.52. The zero-order chi connectivity index (χ0) is 14.7. The van der Waals surface area contributed by atoms with E-state index >= 15 is 0 Å². The highest BCUT2D eigenvalue weighted by Crippen LogP contribution is 2.31. The zero-order valence-corrected chi connectivity index (χ0v) is 11.2. The van der Waals surface area contributed by atoms with Crippen molar-refractivity contribution in [1.29, 1.82) is 0 Å². The number of carboxylic acids is 1. The van der Waals surface area contributed by atoms with Crippen molar-refractivity contribution in [1.82, 2.24) is 9.78 Å². The number of benzene rings is 1. The van der Waals surface area contributed by atoms with E-state index in [1.807, 2.05) is 12.1 Å². The van der Waals surface area contributed by atoms with Gasteiger partial charge in [0.2, 0.25) is 0 Å². The summed E-state index contributed by atoms with van der Waals surface area (Å²) in [4.78, 5) is 10.9. The number of para-hydroxylation sites is 1. The number of hydrogen-bond donors (Lipinski definition) is 2. The van der Waals surface area contributed by atoms with Gasteiger partial charge in [-0.3, -0.25) is 0 Å². The number of aromatic nitrogens is 2. The number of carboxylic acid groups (broad SMARTS) is 1. The van der Waals surface area contributed by atoms with Crippen LogP contribution in [0.15, 0.2) is 24.3 Å². The summed E-state index contributed by atoms with van der Waals surface area (Å²) in [5, 5.41) is 12.8. The predicted octanol–water partition coefficient (Wildman–Crippen LogP) is 1.23. The summed E-state index contributed by atoms with van der Waals surface area (Å²) < 4.78 is 11.9. The molecule has 0 unspecified atom stereocenters. The molecule has 3 N–H and O–H groups in total. The fourth-order valence-corrected chi connectivity index (χ4v) is 1.90. The van der Waals surface area contributed by atoms with Gasteiger partial charge < -0.3 is 20.3 Å². The van der Waals surface area contributed by atoms with Crippen LogP contribution in [-0.4, -0.2) is 35.1 Å². The molecule has 0 aliphatic rings. The van der Waals surface area contributed by atoms with Crippen molar-refractivity contribution >= 4 is 11.8 Å². The Bertz CT molecular complexity index is 637. The van der Waals surface area contributed by atoms with Gasteiger partial charge in [-0.1, -0.05) is 12.1 Å². The van der Waals surface area contributed by atoms with Gasteiger partial charge in [0.1, 0.15) is 5.82 Å². The van der Waals surface area contributed by atoms with Crippen molar-refractivity contribution in [2.75, 3.05) is 20.0 Å². The van der Waals surface area contributed by atoms with Crippen LogP contribution in [0.25, 0.3) is 0 Å². The van der Waals surface area contributed by atoms with E-state index in [0.717, 1.165) is 5.56 Å². The number of rotatable bonds is 5. The van der Waals surface area contributed by atoms with E-state index in [2.05, 4.69) is 5.10 Å². The van der Waals surface area contributed by atoms with E-state index in [0.29, 0.717) is 18.0 Å². The summed E-state index contributed by atoms with van der Waals surface area (Å²) >= 11 is 0. The number of ether oxygens (including phenoxy) is 2. The number of nitrogens with two attached hydrogens (primary N) is 1. The van der Waals surface area contributed by atoms with Gasteiger partial charge in [0, 0.05) is 11.6 Å². The Morgan fingerprint density at radius 2 is 2.15 bits per heavy atom. The molecule has 20 heavy (non-hydrogen) atoms. The Hall–Kier alpha value is -2.70. The SMILES string of the molecule is COc1cccc(Cn2nc(C(=O)O)cc2N)c1OC. The van der Waals surface area contributed by atoms with Gasteiger partial charge in [-0.25, -0.2) is 9.48 Å². The van der Waals surface area contributed by atoms with Crippen molar-refractivity contribution in [2.24, 2.45) is 0 Å². The number of hydrogen-bond acceptors (Lipinski definition) is 5. The molecule has 1 aromatic carbocycles. The molecule has 0 atom stereocenters. The van der Waals surface area contributed by atoms with Crippen LogP contribution in [-0.2, 0) is 6.54 Å². The molecular weight excluding hydrogens is 262 g/mol. The highest BCUT2D eigenvalue weighted by molar-refractivity contribution is 5.86. The molecule has 1 heterocycles. The van der Waals surface area contributed by atoms with E-state index in [1.165, 1.54) is 17.9 Å². The van der Waals surface area contributed by atoms with Crippen molar-refractivity contribution in [3.63, 3.8) is 0 Å². The maximum atomic E-state index is 10.9. The molecule has 0 saturated carbocycles. The number of carbonyl (C=O) groups is 1. The van der Waals surface area contributed by atoms with Gasteiger partial charge in [-0.2, -0.15) is 5.10 Å². The molecule has 0 radical (unpaired) electrons. The molecule has 7 nitrogen and oxygen atoms in total. The summed E-state index contributed by atoms with van der Waals surface area (Å²) in [5.41, 5.74) is 6.45. The van der Waals surface area contributed by atoms with Gasteiger partial charge >= 0.3 is 5.97 Å². The summed E-state index contributed by atoms with van der Waals surface area (Å²) in [6.45, 7) is 0.291. The van der Waals surface area contributed by atoms with Gasteiger partial charge in [-0.05, 0) is 6.07 Å². The Balaban J connectivity index is 2.37. The first-order valence-corrected chi connectivity index (χ1v) is 5.83. The number of anilines is 1. The van der Waals surface area contributed by atoms with Gasteiger partial charge in [0.05, 0.1) is 20.8 Å². The lowest BCUT2D eigenvalue weighted by molar-refractivity contribution is 0.0689. The summed E-state index contributed by atoms with van der Waals surface area (Å²) in [5.74, 6) is 0.316. The van der Waals surface area contributed by atoms with Crippen LogP contribution in [0, 0.1) is 0 Å². The smallest absolute Gasteiger partial charge is 0.356 e. The molecule has 0 aliphatic carbocycles. The average molecular weight is 277 g/mol. The molecule has 0 fully saturated rings. The van der Waals surface area contributed by atoms with E-state index in [4.69, 9.17) is 20.3 Å². The van der Waals surface area contributed by atoms with Crippen LogP contribution in [0.3, 0.4) is 0 Å². The van der Waals surface area contributed by atoms with Crippen molar-refractivity contribution in [3.8, 4) is 11.5 Å². The normalized spacial score (nSPS) is 10.3. The minimum absolute atomic E-state index is 0.0932. The first-order chi connectivity index (χ1) is 9.56. The van der Waals surface area contributed by atoms with Crippen LogP contribution < -0.4 is 15.2 Å². The van der Waals surface area contributed by atoms with Crippen LogP contribution in [0.5, 0.6) is 11.5 Å². The van der Waals surface area contributed by atoms with Crippen molar-refractivity contribution < 1.29 is 19.4 Å². The fraction of sp³-hybridized carbons (Fsp3) is 0.231. The van der Waals surface area contributed by atoms with Crippen molar-refractivity contribution in [2.45, 2.75) is 6.54 Å². The lowest BCUT2D eigenvalue weighted by Gasteiger charge is -2.13. The third-order valence-corrected chi connectivity index (χ3v) is 2.83. The minimum Gasteiger partial charge on any atom is -0.493 e. The van der Waals surface area contributed by atoms with Crippen LogP contribution in [0.2, 0.25) is 0 Å². The molecule has 1 aromatic heterocycles. The fourth-order valence-electron chi connectivity index (χ4n) is 1.90. The lowest BCUT2D eigenvalue weighted by Crippen LogP contribution is -2.08. The highest BCUT2D eigenvalue weighted by atomic mass is 16.5. The Morgan fingerprint density at radius 3 is 2.70 bits per heavy atom. The Kier molecular flexibility index (Phi) is 3.79. The van der Waals surface area contributed by atoms with E-state index in [-0.39, 0.29) is 11.5 Å². The molecule has 7 heteroatoms. The van der Waals surface area contributed by atoms with Gasteiger partial charge in [-0.15, -0.1) is 0 Å². The molecule has 0 aliphatic heterocycles. The molecule has 2 rings (SSSR count). The standard InChI is InChI=1S/C13H15N3O4/c1-19-10-5-3-4-8(12(10)20-2)7-16-11(14)6-9(15-16)13(17)18/h3-6H,7,14H2,1-2H3,(H,17,18). The molecule has 106 valence electrons. The maximum absolute atomic E-state index is 10.9. The Morgan fingerprint density at radius 1 is 1.40 bits per heavy atom. The van der Waals surface area contributed by atoms with Crippen LogP contribution in [0.1, 0.15) is 16.1 Å². The molecule has 2 aromatic rings. The highest BCUT2D eigenvalue weighted by Gasteiger charge is 2.14. The second-order valence-electron chi connectivity index (χ2n) is 4.07. The molecule has 0 bridgehead atoms. The largest absolute Gasteiger partial charge is 0.493 e. The number of nitrogen functional groups attached to an aromatic ring is 1. The average Bonchev–Trinajstić information content (AvgIpc) is 2.80. The number of nitrogens with zero attached hydrogens (tertiary/aromatic N) is 2. The van der Waals surface area contributed by atoms with E-state index < -0.39 is 5.97 Å². The van der Waals surface area contributed by atoms with E-state index in [1.54, 1.807) is 13.2 Å². The summed E-state index contributed by atoms with van der Waals surface area (Å²) in [6, 6.07) is 6.74. The third-order valence-electron chi connectivity index (χ3n) is 2.83. The van der Waals surface area contributed by atoms with Gasteiger partial charge in [0.15, 0.2) is 17.2 Å². The lowest BCUT2D eigenvalue weighted by atomic mass is 10.2. The summed E-state index contributed by atoms with van der Waals surface area (Å²) in [6.07, 6.45) is 0. The van der Waals surface area contributed by atoms with Crippen LogP contribution in [0.4, 0.5) is 5.82 Å². The monoisotopic (exact) mass is 277 g/mol. The first kappa shape index (κ1) is 13.7. The maximum Gasteiger partial charge on any atom is 0.356 e. The van der Waals surface area contributed by atoms with Crippen LogP contribution >= 0.6 is 0 Å². The number of methoxy groups -OCH3 is 2. The molecular formula is C13H15N3O4. The second-order valence-corrected chi connectivity index (χ2v) is 4.07. The zero-order valence-electron chi connectivity index (χ0n) is 11.2. The molecule has 0 saturated heterocycles. The number of aromatic carboxylic acids is 1. The van der Waals surface area contributed by atoms with Crippen molar-refractivity contribution in [3.05, 3.63) is 35.5 Å². The van der Waals surface area contributed by atoms with Gasteiger partial charge in [0.25, 0.3) is 0 Å². The molecule has 0 amide bonds. The van der Waals surface area contributed by atoms with E-state index in [9.17, 15) is 4.79 Å². The molecule has 0 spiro atoms. The Labute approximate surface area is 115 Å². The predicted molar refractivity (Wildman–Crippen MR) is 72.2 cm³/mol. The first-order valence-electron chi connectivity index (χ1n) is 5.83. The summed E-state index contributed by atoms with van der Waals surface area (Å²) in [7, 11) is 3.09.